The second kappa shape index (κ2) is 7.11. The maximum atomic E-state index is 12.3. The third-order valence-corrected chi connectivity index (χ3v) is 3.99. The number of nitrogens with zero attached hydrogens (tertiary/aromatic N) is 1. The zero-order valence-electron chi connectivity index (χ0n) is 12.3. The van der Waals surface area contributed by atoms with Crippen molar-refractivity contribution in [3.8, 4) is 0 Å². The molecule has 1 aliphatic heterocycles. The molecule has 0 aliphatic carbocycles. The van der Waals surface area contributed by atoms with Crippen LogP contribution in [0, 0.1) is 0 Å². The number of benzene rings is 1. The van der Waals surface area contributed by atoms with Gasteiger partial charge in [-0.2, -0.15) is 0 Å². The van der Waals surface area contributed by atoms with Gasteiger partial charge < -0.3 is 15.3 Å². The van der Waals surface area contributed by atoms with Crippen molar-refractivity contribution in [2.24, 2.45) is 0 Å². The van der Waals surface area contributed by atoms with E-state index in [4.69, 9.17) is 0 Å². The lowest BCUT2D eigenvalue weighted by Gasteiger charge is -2.26. The molecule has 1 unspecified atom stereocenters. The number of rotatable bonds is 5. The van der Waals surface area contributed by atoms with Gasteiger partial charge in [-0.3, -0.25) is 0 Å². The first-order valence-electron chi connectivity index (χ1n) is 7.45. The van der Waals surface area contributed by atoms with Gasteiger partial charge in [-0.05, 0) is 24.8 Å². The maximum absolute atomic E-state index is 12.3. The van der Waals surface area contributed by atoms with Crippen LogP contribution < -0.4 is 5.32 Å². The van der Waals surface area contributed by atoms with Gasteiger partial charge in [-0.15, -0.1) is 0 Å². The summed E-state index contributed by atoms with van der Waals surface area (Å²) in [6, 6.07) is 8.43. The normalized spacial score (nSPS) is 19.3. The van der Waals surface area contributed by atoms with Gasteiger partial charge in [-0.1, -0.05) is 37.3 Å². The number of urea groups is 1. The Morgan fingerprint density at radius 1 is 1.38 bits per heavy atom. The van der Waals surface area contributed by atoms with Crippen LogP contribution in [0.5, 0.6) is 0 Å². The van der Waals surface area contributed by atoms with Gasteiger partial charge in [-0.25, -0.2) is 9.59 Å². The number of likely N-dealkylation sites (tertiary alicyclic amines) is 1. The summed E-state index contributed by atoms with van der Waals surface area (Å²) in [4.78, 5) is 25.4. The van der Waals surface area contributed by atoms with E-state index in [1.54, 1.807) is 4.90 Å². The van der Waals surface area contributed by atoms with Crippen LogP contribution >= 0.6 is 0 Å². The highest BCUT2D eigenvalue weighted by Gasteiger charge is 2.30. The highest BCUT2D eigenvalue weighted by molar-refractivity contribution is 5.83. The Kier molecular flexibility index (Phi) is 5.20. The molecule has 1 saturated heterocycles. The molecule has 0 spiro atoms. The van der Waals surface area contributed by atoms with Gasteiger partial charge in [0.25, 0.3) is 0 Å². The molecular weight excluding hydrogens is 268 g/mol. The first kappa shape index (κ1) is 15.4. The molecule has 1 aromatic carbocycles. The molecule has 0 aromatic heterocycles. The zero-order chi connectivity index (χ0) is 15.2. The molecule has 2 amide bonds. The zero-order valence-corrected chi connectivity index (χ0v) is 12.3. The number of aliphatic carboxylic acids is 1. The van der Waals surface area contributed by atoms with Gasteiger partial charge in [0, 0.05) is 19.0 Å². The molecule has 1 fully saturated rings. The van der Waals surface area contributed by atoms with Gasteiger partial charge >= 0.3 is 12.0 Å². The summed E-state index contributed by atoms with van der Waals surface area (Å²) in [7, 11) is 0. The molecule has 1 heterocycles. The standard InChI is InChI=1S/C16H22N2O3/c1-2-13-9-6-10-18(13)16(21)17-14(15(19)20)11-12-7-4-3-5-8-12/h3-5,7-8,13-14H,2,6,9-11H2,1H3,(H,17,21)(H,19,20)/t13?,14-/m1/s1. The van der Waals surface area contributed by atoms with E-state index in [-0.39, 0.29) is 12.1 Å². The van der Waals surface area contributed by atoms with Crippen LogP contribution in [0.15, 0.2) is 30.3 Å². The summed E-state index contributed by atoms with van der Waals surface area (Å²) in [6.45, 7) is 2.76. The minimum Gasteiger partial charge on any atom is -0.480 e. The highest BCUT2D eigenvalue weighted by atomic mass is 16.4. The molecule has 0 saturated carbocycles. The lowest BCUT2D eigenvalue weighted by atomic mass is 10.1. The van der Waals surface area contributed by atoms with Crippen LogP contribution in [0.4, 0.5) is 4.79 Å². The average Bonchev–Trinajstić information content (AvgIpc) is 2.96. The number of hydrogen-bond acceptors (Lipinski definition) is 2. The van der Waals surface area contributed by atoms with Crippen LogP contribution in [-0.4, -0.2) is 40.6 Å². The summed E-state index contributed by atoms with van der Waals surface area (Å²) in [5, 5.41) is 12.0. The van der Waals surface area contributed by atoms with Crippen molar-refractivity contribution >= 4 is 12.0 Å². The van der Waals surface area contributed by atoms with Gasteiger partial charge in [0.05, 0.1) is 0 Å². The highest BCUT2D eigenvalue weighted by Crippen LogP contribution is 2.19. The van der Waals surface area contributed by atoms with E-state index in [2.05, 4.69) is 12.2 Å². The molecule has 1 aliphatic rings. The fraction of sp³-hybridized carbons (Fsp3) is 0.500. The molecule has 0 bridgehead atoms. The number of carbonyl (C=O) groups excluding carboxylic acids is 1. The molecule has 2 atom stereocenters. The number of amides is 2. The number of carbonyl (C=O) groups is 2. The molecule has 21 heavy (non-hydrogen) atoms. The maximum Gasteiger partial charge on any atom is 0.326 e. The van der Waals surface area contributed by atoms with Gasteiger partial charge in [0.1, 0.15) is 6.04 Å². The number of nitrogens with one attached hydrogen (secondary N) is 1. The average molecular weight is 290 g/mol. The van der Waals surface area contributed by atoms with E-state index in [1.807, 2.05) is 30.3 Å². The molecule has 0 radical (unpaired) electrons. The Morgan fingerprint density at radius 3 is 2.71 bits per heavy atom. The molecule has 2 rings (SSSR count). The molecule has 114 valence electrons. The van der Waals surface area contributed by atoms with Gasteiger partial charge in [0.2, 0.25) is 0 Å². The Bertz CT molecular complexity index is 490. The first-order chi connectivity index (χ1) is 10.1. The first-order valence-corrected chi connectivity index (χ1v) is 7.45. The SMILES string of the molecule is CCC1CCCN1C(=O)N[C@H](Cc1ccccc1)C(=O)O. The second-order valence-corrected chi connectivity index (χ2v) is 5.43. The monoisotopic (exact) mass is 290 g/mol. The minimum absolute atomic E-state index is 0.233. The molecule has 2 N–H and O–H groups in total. The van der Waals surface area contributed by atoms with Crippen molar-refractivity contribution in [3.05, 3.63) is 35.9 Å². The van der Waals surface area contributed by atoms with Crippen LogP contribution in [0.3, 0.4) is 0 Å². The fourth-order valence-corrected chi connectivity index (χ4v) is 2.81. The Balaban J connectivity index is 1.99. The summed E-state index contributed by atoms with van der Waals surface area (Å²) in [5.41, 5.74) is 0.902. The minimum atomic E-state index is -1.00. The van der Waals surface area contributed by atoms with Crippen molar-refractivity contribution in [1.82, 2.24) is 10.2 Å². The predicted octanol–water partition coefficient (Wildman–Crippen LogP) is 2.27. The predicted molar refractivity (Wildman–Crippen MR) is 80.1 cm³/mol. The van der Waals surface area contributed by atoms with E-state index in [1.165, 1.54) is 0 Å². The largest absolute Gasteiger partial charge is 0.480 e. The van der Waals surface area contributed by atoms with Crippen LogP contribution in [0.25, 0.3) is 0 Å². The molecular formula is C16H22N2O3. The summed E-state index contributed by atoms with van der Waals surface area (Å²) < 4.78 is 0. The van der Waals surface area contributed by atoms with E-state index in [0.29, 0.717) is 13.0 Å². The third-order valence-electron chi connectivity index (χ3n) is 3.99. The topological polar surface area (TPSA) is 69.6 Å². The van der Waals surface area contributed by atoms with Crippen LogP contribution in [0.1, 0.15) is 31.7 Å². The van der Waals surface area contributed by atoms with Crippen molar-refractivity contribution < 1.29 is 14.7 Å². The molecule has 5 nitrogen and oxygen atoms in total. The molecule has 1 aromatic rings. The van der Waals surface area contributed by atoms with Crippen LogP contribution in [0.2, 0.25) is 0 Å². The van der Waals surface area contributed by atoms with Crippen LogP contribution in [-0.2, 0) is 11.2 Å². The van der Waals surface area contributed by atoms with Crippen molar-refractivity contribution in [3.63, 3.8) is 0 Å². The van der Waals surface area contributed by atoms with Crippen molar-refractivity contribution in [2.45, 2.75) is 44.7 Å². The Hall–Kier alpha value is -2.04. The Labute approximate surface area is 125 Å². The second-order valence-electron chi connectivity index (χ2n) is 5.43. The smallest absolute Gasteiger partial charge is 0.326 e. The lowest BCUT2D eigenvalue weighted by molar-refractivity contribution is -0.139. The fourth-order valence-electron chi connectivity index (χ4n) is 2.81. The summed E-state index contributed by atoms with van der Waals surface area (Å²) in [6.07, 6.45) is 3.19. The quantitative estimate of drug-likeness (QED) is 0.874. The number of carboxylic acids is 1. The third kappa shape index (κ3) is 3.97. The van der Waals surface area contributed by atoms with E-state index >= 15 is 0 Å². The van der Waals surface area contributed by atoms with E-state index in [9.17, 15) is 14.7 Å². The summed E-state index contributed by atoms with van der Waals surface area (Å²) >= 11 is 0. The van der Waals surface area contributed by atoms with Crippen molar-refractivity contribution in [1.29, 1.82) is 0 Å². The number of carboxylic acid groups (broad SMARTS) is 1. The Morgan fingerprint density at radius 2 is 2.10 bits per heavy atom. The number of hydrogen-bond donors (Lipinski definition) is 2. The van der Waals surface area contributed by atoms with Gasteiger partial charge in [0.15, 0.2) is 0 Å². The van der Waals surface area contributed by atoms with Crippen molar-refractivity contribution in [2.75, 3.05) is 6.54 Å². The van der Waals surface area contributed by atoms with E-state index in [0.717, 1.165) is 24.8 Å². The molecule has 5 heteroatoms. The van der Waals surface area contributed by atoms with E-state index < -0.39 is 12.0 Å². The lowest BCUT2D eigenvalue weighted by Crippen LogP contribution is -2.50. The summed E-state index contributed by atoms with van der Waals surface area (Å²) in [5.74, 6) is -1.00.